The van der Waals surface area contributed by atoms with Crippen molar-refractivity contribution in [2.45, 2.75) is 38.3 Å². The van der Waals surface area contributed by atoms with E-state index in [1.54, 1.807) is 0 Å². The van der Waals surface area contributed by atoms with Gasteiger partial charge in [-0.2, -0.15) is 0 Å². The minimum atomic E-state index is -0.145. The van der Waals surface area contributed by atoms with Crippen LogP contribution in [0, 0.1) is 0 Å². The highest BCUT2D eigenvalue weighted by Gasteiger charge is 2.25. The van der Waals surface area contributed by atoms with Crippen LogP contribution < -0.4 is 5.32 Å². The first kappa shape index (κ1) is 14.5. The van der Waals surface area contributed by atoms with Gasteiger partial charge in [0.25, 0.3) is 0 Å². The monoisotopic (exact) mass is 292 g/mol. The zero-order valence-electron chi connectivity index (χ0n) is 12.6. The number of hydrogen-bond acceptors (Lipinski definition) is 4. The second-order valence-corrected chi connectivity index (χ2v) is 5.89. The van der Waals surface area contributed by atoms with Gasteiger partial charge in [-0.15, -0.1) is 0 Å². The van der Waals surface area contributed by atoms with E-state index in [-0.39, 0.29) is 11.9 Å². The molecule has 6 nitrogen and oxygen atoms in total. The Morgan fingerprint density at radius 3 is 3.10 bits per heavy atom. The van der Waals surface area contributed by atoms with E-state index >= 15 is 0 Å². The molecule has 0 saturated carbocycles. The Morgan fingerprint density at radius 1 is 1.48 bits per heavy atom. The van der Waals surface area contributed by atoms with Crippen LogP contribution in [0.4, 0.5) is 0 Å². The van der Waals surface area contributed by atoms with E-state index in [9.17, 15) is 4.79 Å². The van der Waals surface area contributed by atoms with E-state index in [4.69, 9.17) is 4.74 Å². The van der Waals surface area contributed by atoms with Gasteiger partial charge in [0.15, 0.2) is 0 Å². The van der Waals surface area contributed by atoms with Crippen LogP contribution in [0.5, 0.6) is 0 Å². The lowest BCUT2D eigenvalue weighted by molar-refractivity contribution is -0.137. The highest BCUT2D eigenvalue weighted by atomic mass is 16.5. The molecule has 0 aromatic carbocycles. The van der Waals surface area contributed by atoms with Gasteiger partial charge in [0.05, 0.1) is 19.3 Å². The van der Waals surface area contributed by atoms with Gasteiger partial charge >= 0.3 is 0 Å². The van der Waals surface area contributed by atoms with Crippen molar-refractivity contribution < 1.29 is 9.53 Å². The average molecular weight is 292 g/mol. The second-order valence-electron chi connectivity index (χ2n) is 5.89. The summed E-state index contributed by atoms with van der Waals surface area (Å²) in [5, 5.41) is 3.39. The first-order chi connectivity index (χ1) is 10.3. The van der Waals surface area contributed by atoms with Crippen LogP contribution >= 0.6 is 0 Å². The third-order valence-electron chi connectivity index (χ3n) is 4.43. The van der Waals surface area contributed by atoms with Crippen LogP contribution in [0.3, 0.4) is 0 Å². The van der Waals surface area contributed by atoms with Crippen LogP contribution in [0.1, 0.15) is 31.5 Å². The summed E-state index contributed by atoms with van der Waals surface area (Å²) >= 11 is 0. The van der Waals surface area contributed by atoms with Crippen LogP contribution in [0.15, 0.2) is 12.4 Å². The van der Waals surface area contributed by atoms with Gasteiger partial charge in [-0.05, 0) is 19.8 Å². The topological polar surface area (TPSA) is 59.4 Å². The summed E-state index contributed by atoms with van der Waals surface area (Å²) < 4.78 is 7.52. The number of fused-ring (bicyclic) bond motifs is 1. The molecule has 6 heteroatoms. The maximum Gasteiger partial charge on any atom is 0.239 e. The molecule has 1 N–H and O–H groups in total. The summed E-state index contributed by atoms with van der Waals surface area (Å²) in [7, 11) is 0. The molecule has 1 fully saturated rings. The van der Waals surface area contributed by atoms with Gasteiger partial charge in [-0.3, -0.25) is 4.79 Å². The van der Waals surface area contributed by atoms with E-state index in [0.717, 1.165) is 25.3 Å². The van der Waals surface area contributed by atoms with Crippen LogP contribution in [0.2, 0.25) is 0 Å². The Hall–Kier alpha value is -1.40. The number of nitrogens with one attached hydrogen (secondary N) is 1. The third kappa shape index (κ3) is 3.27. The number of hydrogen-bond donors (Lipinski definition) is 1. The molecule has 0 spiro atoms. The standard InChI is InChI=1S/C15H24N4O2/c1-12(15(20)19-7-9-21-10-8-19)17-11-13-3-2-5-18-6-4-16-14(13)18/h4,6,12-13,17H,2-3,5,7-11H2,1H3/t12-,13+/m0/s1. The zero-order valence-corrected chi connectivity index (χ0v) is 12.6. The molecule has 1 aromatic heterocycles. The molecule has 0 unspecified atom stereocenters. The molecular formula is C15H24N4O2. The van der Waals surface area contributed by atoms with Crippen molar-refractivity contribution in [3.63, 3.8) is 0 Å². The maximum absolute atomic E-state index is 12.4. The molecule has 1 amide bonds. The fraction of sp³-hybridized carbons (Fsp3) is 0.733. The van der Waals surface area contributed by atoms with Crippen LogP contribution in [-0.4, -0.2) is 59.2 Å². The zero-order chi connectivity index (χ0) is 14.7. The number of carbonyl (C=O) groups is 1. The molecule has 0 bridgehead atoms. The highest BCUT2D eigenvalue weighted by molar-refractivity contribution is 5.81. The highest BCUT2D eigenvalue weighted by Crippen LogP contribution is 2.24. The summed E-state index contributed by atoms with van der Waals surface area (Å²) in [6.45, 7) is 6.55. The summed E-state index contributed by atoms with van der Waals surface area (Å²) in [4.78, 5) is 18.7. The number of nitrogens with zero attached hydrogens (tertiary/aromatic N) is 3. The molecule has 0 radical (unpaired) electrons. The van der Waals surface area contributed by atoms with Crippen molar-refractivity contribution in [2.75, 3.05) is 32.8 Å². The number of aryl methyl sites for hydroxylation is 1. The first-order valence-electron chi connectivity index (χ1n) is 7.86. The number of aromatic nitrogens is 2. The molecule has 116 valence electrons. The molecular weight excluding hydrogens is 268 g/mol. The van der Waals surface area contributed by atoms with Gasteiger partial charge in [-0.1, -0.05) is 0 Å². The molecule has 2 atom stereocenters. The molecule has 3 heterocycles. The van der Waals surface area contributed by atoms with Crippen molar-refractivity contribution in [1.29, 1.82) is 0 Å². The van der Waals surface area contributed by atoms with E-state index in [2.05, 4.69) is 14.9 Å². The number of ether oxygens (including phenoxy) is 1. The van der Waals surface area contributed by atoms with Gasteiger partial charge in [0.1, 0.15) is 5.82 Å². The molecule has 3 rings (SSSR count). The Morgan fingerprint density at radius 2 is 2.29 bits per heavy atom. The van der Waals surface area contributed by atoms with Gasteiger partial charge in [0.2, 0.25) is 5.91 Å². The van der Waals surface area contributed by atoms with Crippen molar-refractivity contribution >= 4 is 5.91 Å². The predicted octanol–water partition coefficient (Wildman–Crippen LogP) is 0.597. The number of rotatable bonds is 4. The number of amides is 1. The first-order valence-corrected chi connectivity index (χ1v) is 7.86. The lowest BCUT2D eigenvalue weighted by Crippen LogP contribution is -2.50. The molecule has 1 aromatic rings. The fourth-order valence-electron chi connectivity index (χ4n) is 3.16. The summed E-state index contributed by atoms with van der Waals surface area (Å²) in [6, 6.07) is -0.145. The Balaban J connectivity index is 1.52. The van der Waals surface area contributed by atoms with E-state index in [1.807, 2.05) is 24.2 Å². The normalized spacial score (nSPS) is 23.7. The van der Waals surface area contributed by atoms with Gasteiger partial charge in [-0.25, -0.2) is 4.98 Å². The van der Waals surface area contributed by atoms with Crippen molar-refractivity contribution in [3.05, 3.63) is 18.2 Å². The molecule has 2 aliphatic heterocycles. The largest absolute Gasteiger partial charge is 0.378 e. The fourth-order valence-corrected chi connectivity index (χ4v) is 3.16. The third-order valence-corrected chi connectivity index (χ3v) is 4.43. The van der Waals surface area contributed by atoms with E-state index in [1.165, 1.54) is 6.42 Å². The van der Waals surface area contributed by atoms with Crippen LogP contribution in [-0.2, 0) is 16.1 Å². The summed E-state index contributed by atoms with van der Waals surface area (Å²) in [6.07, 6.45) is 6.24. The van der Waals surface area contributed by atoms with E-state index in [0.29, 0.717) is 32.2 Å². The lowest BCUT2D eigenvalue weighted by Gasteiger charge is -2.30. The Labute approximate surface area is 125 Å². The predicted molar refractivity (Wildman–Crippen MR) is 79.1 cm³/mol. The number of imidazole rings is 1. The van der Waals surface area contributed by atoms with Gasteiger partial charge in [0, 0.05) is 44.5 Å². The molecule has 2 aliphatic rings. The van der Waals surface area contributed by atoms with Crippen LogP contribution in [0.25, 0.3) is 0 Å². The number of morpholine rings is 1. The molecule has 1 saturated heterocycles. The Kier molecular flexibility index (Phi) is 4.55. The Bertz CT molecular complexity index is 482. The molecule has 0 aliphatic carbocycles. The summed E-state index contributed by atoms with van der Waals surface area (Å²) in [5.74, 6) is 1.74. The summed E-state index contributed by atoms with van der Waals surface area (Å²) in [5.41, 5.74) is 0. The second kappa shape index (κ2) is 6.58. The lowest BCUT2D eigenvalue weighted by atomic mass is 9.98. The minimum Gasteiger partial charge on any atom is -0.378 e. The smallest absolute Gasteiger partial charge is 0.239 e. The maximum atomic E-state index is 12.4. The van der Waals surface area contributed by atoms with Gasteiger partial charge < -0.3 is 19.5 Å². The van der Waals surface area contributed by atoms with Crippen molar-refractivity contribution in [2.24, 2.45) is 0 Å². The SMILES string of the molecule is C[C@H](NC[C@H]1CCCn2ccnc21)C(=O)N1CCOCC1. The average Bonchev–Trinajstić information content (AvgIpc) is 3.02. The molecule has 21 heavy (non-hydrogen) atoms. The van der Waals surface area contributed by atoms with Crippen molar-refractivity contribution in [1.82, 2.24) is 19.8 Å². The number of carbonyl (C=O) groups excluding carboxylic acids is 1. The minimum absolute atomic E-state index is 0.145. The quantitative estimate of drug-likeness (QED) is 0.883. The van der Waals surface area contributed by atoms with E-state index < -0.39 is 0 Å². The van der Waals surface area contributed by atoms with Crippen molar-refractivity contribution in [3.8, 4) is 0 Å².